The van der Waals surface area contributed by atoms with Crippen molar-refractivity contribution in [1.29, 1.82) is 0 Å². The van der Waals surface area contributed by atoms with E-state index < -0.39 is 23.2 Å². The van der Waals surface area contributed by atoms with E-state index in [0.29, 0.717) is 19.0 Å². The summed E-state index contributed by atoms with van der Waals surface area (Å²) in [5.74, 6) is -0.265. The molecule has 2 aromatic heterocycles. The fourth-order valence-corrected chi connectivity index (χ4v) is 5.00. The number of aromatic amines is 2. The number of carbonyl (C=O) groups excluding carboxylic acids is 2. The summed E-state index contributed by atoms with van der Waals surface area (Å²) in [4.78, 5) is 54.5. The largest absolute Gasteiger partial charge is 0.445 e. The standard InChI is InChI=1S/C30H33N7O5/c1-19(33-28(39)26-25(31)27(38)35-29(40)34-26)22-8-5-9-23(14-22)24-15-32-37(17-24)16-20-10-12-36(13-11-20)30(41)42-18-21-6-3-2-4-7-21/h2-9,14-15,17,19-20H,10-13,16,18,31H2,1H3,(H,33,39)(H2,34,35,38,40)/t19-/m1/s1. The number of nitrogens with zero attached hydrogens (tertiary/aromatic N) is 3. The Bertz CT molecular complexity index is 1670. The maximum absolute atomic E-state index is 12.7. The second kappa shape index (κ2) is 12.6. The first-order chi connectivity index (χ1) is 20.3. The zero-order valence-electron chi connectivity index (χ0n) is 23.2. The lowest BCUT2D eigenvalue weighted by Gasteiger charge is -2.31. The van der Waals surface area contributed by atoms with Crippen LogP contribution in [0.2, 0.25) is 0 Å². The quantitative estimate of drug-likeness (QED) is 0.252. The van der Waals surface area contributed by atoms with E-state index in [2.05, 4.69) is 15.4 Å². The van der Waals surface area contributed by atoms with Gasteiger partial charge in [0.15, 0.2) is 0 Å². The number of hydrogen-bond donors (Lipinski definition) is 4. The Labute approximate surface area is 241 Å². The zero-order valence-corrected chi connectivity index (χ0v) is 23.2. The van der Waals surface area contributed by atoms with Crippen molar-refractivity contribution >= 4 is 17.7 Å². The highest BCUT2D eigenvalue weighted by molar-refractivity contribution is 5.97. The minimum absolute atomic E-state index is 0.270. The van der Waals surface area contributed by atoms with Crippen molar-refractivity contribution < 1.29 is 14.3 Å². The van der Waals surface area contributed by atoms with Crippen LogP contribution < -0.4 is 22.3 Å². The van der Waals surface area contributed by atoms with Crippen molar-refractivity contribution in [1.82, 2.24) is 30.0 Å². The van der Waals surface area contributed by atoms with Gasteiger partial charge in [0.25, 0.3) is 11.5 Å². The van der Waals surface area contributed by atoms with E-state index in [1.54, 1.807) is 18.0 Å². The highest BCUT2D eigenvalue weighted by Gasteiger charge is 2.24. The Morgan fingerprint density at radius 1 is 1.07 bits per heavy atom. The van der Waals surface area contributed by atoms with Gasteiger partial charge in [0.1, 0.15) is 18.0 Å². The zero-order chi connectivity index (χ0) is 29.6. The number of piperidine rings is 1. The molecule has 2 amide bonds. The lowest BCUT2D eigenvalue weighted by molar-refractivity contribution is 0.0803. The van der Waals surface area contributed by atoms with E-state index in [0.717, 1.165) is 41.6 Å². The maximum Gasteiger partial charge on any atom is 0.410 e. The number of rotatable bonds is 8. The van der Waals surface area contributed by atoms with Gasteiger partial charge < -0.3 is 25.7 Å². The molecule has 0 bridgehead atoms. The first-order valence-electron chi connectivity index (χ1n) is 13.8. The Kier molecular flexibility index (Phi) is 8.51. The number of nitrogens with one attached hydrogen (secondary N) is 3. The highest BCUT2D eigenvalue weighted by Crippen LogP contribution is 2.25. The van der Waals surface area contributed by atoms with Gasteiger partial charge in [0.2, 0.25) is 0 Å². The van der Waals surface area contributed by atoms with E-state index >= 15 is 0 Å². The number of amides is 2. The van der Waals surface area contributed by atoms with Crippen LogP contribution in [0.4, 0.5) is 10.5 Å². The van der Waals surface area contributed by atoms with Gasteiger partial charge in [0, 0.05) is 31.4 Å². The summed E-state index contributed by atoms with van der Waals surface area (Å²) in [6.07, 6.45) is 5.25. The molecule has 5 N–H and O–H groups in total. The van der Waals surface area contributed by atoms with Crippen LogP contribution in [0.15, 0.2) is 76.6 Å². The number of hydrogen-bond acceptors (Lipinski definition) is 7. The molecule has 1 aliphatic rings. The molecule has 1 atom stereocenters. The molecule has 0 spiro atoms. The van der Waals surface area contributed by atoms with Gasteiger partial charge in [0.05, 0.1) is 12.2 Å². The molecule has 1 aliphatic heterocycles. The van der Waals surface area contributed by atoms with Crippen molar-refractivity contribution in [3.8, 4) is 11.1 Å². The molecule has 0 aliphatic carbocycles. The smallest absolute Gasteiger partial charge is 0.410 e. The fraction of sp³-hybridized carbons (Fsp3) is 0.300. The van der Waals surface area contributed by atoms with Crippen LogP contribution in [0.3, 0.4) is 0 Å². The molecule has 0 unspecified atom stereocenters. The molecule has 12 nitrogen and oxygen atoms in total. The SMILES string of the molecule is C[C@@H](NC(=O)c1[nH]c(=O)[nH]c(=O)c1N)c1cccc(-c2cnn(CC3CCN(C(=O)OCc4ccccc4)CC3)c2)c1. The van der Waals surface area contributed by atoms with E-state index in [9.17, 15) is 19.2 Å². The minimum Gasteiger partial charge on any atom is -0.445 e. The summed E-state index contributed by atoms with van der Waals surface area (Å²) in [6, 6.07) is 16.9. The number of ether oxygens (including phenoxy) is 1. The highest BCUT2D eigenvalue weighted by atomic mass is 16.6. The first kappa shape index (κ1) is 28.4. The predicted octanol–water partition coefficient (Wildman–Crippen LogP) is 3.05. The number of anilines is 1. The van der Waals surface area contributed by atoms with Gasteiger partial charge in [-0.3, -0.25) is 19.3 Å². The average Bonchev–Trinajstić information content (AvgIpc) is 3.47. The lowest BCUT2D eigenvalue weighted by Crippen LogP contribution is -2.39. The van der Waals surface area contributed by atoms with Crippen LogP contribution in [0, 0.1) is 5.92 Å². The Morgan fingerprint density at radius 2 is 1.83 bits per heavy atom. The summed E-state index contributed by atoms with van der Waals surface area (Å²) in [5.41, 5.74) is 7.08. The fourth-order valence-electron chi connectivity index (χ4n) is 5.00. The van der Waals surface area contributed by atoms with Gasteiger partial charge in [-0.05, 0) is 48.4 Å². The van der Waals surface area contributed by atoms with Crippen molar-refractivity contribution in [2.24, 2.45) is 5.92 Å². The molecule has 4 aromatic rings. The topological polar surface area (TPSA) is 168 Å². The summed E-state index contributed by atoms with van der Waals surface area (Å²) >= 11 is 0. The molecule has 2 aromatic carbocycles. The third-order valence-electron chi connectivity index (χ3n) is 7.43. The number of aromatic nitrogens is 4. The summed E-state index contributed by atoms with van der Waals surface area (Å²) < 4.78 is 7.39. The predicted molar refractivity (Wildman–Crippen MR) is 157 cm³/mol. The Morgan fingerprint density at radius 3 is 2.60 bits per heavy atom. The number of benzene rings is 2. The third kappa shape index (κ3) is 6.77. The molecule has 3 heterocycles. The summed E-state index contributed by atoms with van der Waals surface area (Å²) in [6.45, 7) is 4.11. The van der Waals surface area contributed by atoms with Gasteiger partial charge in [-0.25, -0.2) is 9.59 Å². The Hall–Kier alpha value is -5.13. The van der Waals surface area contributed by atoms with Crippen LogP contribution in [-0.2, 0) is 17.9 Å². The molecule has 1 saturated heterocycles. The number of likely N-dealkylation sites (tertiary alicyclic amines) is 1. The number of nitrogen functional groups attached to an aromatic ring is 1. The van der Waals surface area contributed by atoms with Crippen molar-refractivity contribution in [3.05, 3.63) is 105 Å². The van der Waals surface area contributed by atoms with E-state index in [-0.39, 0.29) is 24.1 Å². The van der Waals surface area contributed by atoms with Crippen molar-refractivity contribution in [2.75, 3.05) is 18.8 Å². The monoisotopic (exact) mass is 571 g/mol. The molecule has 5 rings (SSSR count). The van der Waals surface area contributed by atoms with E-state index in [4.69, 9.17) is 10.5 Å². The van der Waals surface area contributed by atoms with E-state index in [1.807, 2.05) is 70.5 Å². The molecule has 12 heteroatoms. The summed E-state index contributed by atoms with van der Waals surface area (Å²) in [7, 11) is 0. The minimum atomic E-state index is -0.817. The van der Waals surface area contributed by atoms with Gasteiger partial charge in [-0.1, -0.05) is 48.5 Å². The second-order valence-corrected chi connectivity index (χ2v) is 10.4. The molecule has 0 saturated carbocycles. The molecular weight excluding hydrogens is 538 g/mol. The molecule has 1 fully saturated rings. The van der Waals surface area contributed by atoms with Crippen LogP contribution in [0.25, 0.3) is 11.1 Å². The van der Waals surface area contributed by atoms with E-state index in [1.165, 1.54) is 0 Å². The van der Waals surface area contributed by atoms with Crippen molar-refractivity contribution in [2.45, 2.75) is 39.0 Å². The average molecular weight is 572 g/mol. The second-order valence-electron chi connectivity index (χ2n) is 10.4. The maximum atomic E-state index is 12.7. The lowest BCUT2D eigenvalue weighted by atomic mass is 9.97. The number of nitrogens with two attached hydrogens (primary N) is 1. The Balaban J connectivity index is 1.15. The molecule has 42 heavy (non-hydrogen) atoms. The normalized spacial score (nSPS) is 14.4. The van der Waals surface area contributed by atoms with Gasteiger partial charge in [-0.2, -0.15) is 5.10 Å². The molecule has 218 valence electrons. The van der Waals surface area contributed by atoms with Gasteiger partial charge >= 0.3 is 11.8 Å². The first-order valence-corrected chi connectivity index (χ1v) is 13.8. The van der Waals surface area contributed by atoms with Crippen LogP contribution in [0.1, 0.15) is 47.4 Å². The number of H-pyrrole nitrogens is 2. The van der Waals surface area contributed by atoms with Crippen LogP contribution >= 0.6 is 0 Å². The summed E-state index contributed by atoms with van der Waals surface area (Å²) in [5, 5.41) is 7.33. The van der Waals surface area contributed by atoms with Crippen molar-refractivity contribution in [3.63, 3.8) is 0 Å². The van der Waals surface area contributed by atoms with Crippen LogP contribution in [0.5, 0.6) is 0 Å². The van der Waals surface area contributed by atoms with Crippen LogP contribution in [-0.4, -0.2) is 49.7 Å². The third-order valence-corrected chi connectivity index (χ3v) is 7.43. The molecular formula is C30H33N7O5. The number of carbonyl (C=O) groups is 2. The van der Waals surface area contributed by atoms with Gasteiger partial charge in [-0.15, -0.1) is 0 Å². The molecule has 0 radical (unpaired) electrons.